The van der Waals surface area contributed by atoms with Crippen LogP contribution in [-0.2, 0) is 0 Å². The summed E-state index contributed by atoms with van der Waals surface area (Å²) < 4.78 is 0. The second-order valence-electron chi connectivity index (χ2n) is 4.40. The minimum atomic E-state index is 0.339. The summed E-state index contributed by atoms with van der Waals surface area (Å²) in [6.07, 6.45) is 5.17. The minimum Gasteiger partial charge on any atom is -0.508 e. The van der Waals surface area contributed by atoms with E-state index in [1.165, 1.54) is 25.7 Å². The molecule has 0 saturated heterocycles. The molecule has 2 rings (SSSR count). The predicted octanol–water partition coefficient (Wildman–Crippen LogP) is 3.38. The molecule has 1 fully saturated rings. The molecule has 1 saturated carbocycles. The summed E-state index contributed by atoms with van der Waals surface area (Å²) in [5.74, 6) is 1.14. The van der Waals surface area contributed by atoms with Crippen LogP contribution in [0.15, 0.2) is 24.3 Å². The number of rotatable bonds is 3. The van der Waals surface area contributed by atoms with Crippen LogP contribution in [0.2, 0.25) is 0 Å². The van der Waals surface area contributed by atoms with Gasteiger partial charge in [-0.05, 0) is 30.9 Å². The van der Waals surface area contributed by atoms with Gasteiger partial charge >= 0.3 is 0 Å². The van der Waals surface area contributed by atoms with Gasteiger partial charge in [0.15, 0.2) is 0 Å². The van der Waals surface area contributed by atoms with Gasteiger partial charge in [0.25, 0.3) is 0 Å². The van der Waals surface area contributed by atoms with Crippen LogP contribution in [0.5, 0.6) is 5.75 Å². The van der Waals surface area contributed by atoms with E-state index >= 15 is 0 Å². The molecule has 1 aliphatic carbocycles. The molecule has 2 atom stereocenters. The molecule has 2 N–H and O–H groups in total. The Bertz CT molecular complexity index is 324. The standard InChI is InChI=1S/C13H19NO/c1-2-10-5-3-8-13(10)14-11-6-4-7-12(15)9-11/h4,6-7,9-10,13-15H,2-3,5,8H2,1H3. The summed E-state index contributed by atoms with van der Waals surface area (Å²) in [5, 5.41) is 12.9. The number of nitrogens with one attached hydrogen (secondary N) is 1. The summed E-state index contributed by atoms with van der Waals surface area (Å²) in [6.45, 7) is 2.26. The zero-order chi connectivity index (χ0) is 10.7. The average molecular weight is 205 g/mol. The fourth-order valence-corrected chi connectivity index (χ4v) is 2.53. The largest absolute Gasteiger partial charge is 0.508 e. The third kappa shape index (κ3) is 2.44. The summed E-state index contributed by atoms with van der Waals surface area (Å²) in [6, 6.07) is 8.00. The van der Waals surface area contributed by atoms with Crippen molar-refractivity contribution in [3.63, 3.8) is 0 Å². The van der Waals surface area contributed by atoms with E-state index in [1.807, 2.05) is 12.1 Å². The molecule has 0 amide bonds. The second kappa shape index (κ2) is 4.56. The Kier molecular flexibility index (Phi) is 3.14. The van der Waals surface area contributed by atoms with E-state index in [-0.39, 0.29) is 0 Å². The van der Waals surface area contributed by atoms with E-state index in [4.69, 9.17) is 0 Å². The van der Waals surface area contributed by atoms with Crippen LogP contribution in [0.25, 0.3) is 0 Å². The molecule has 0 aromatic heterocycles. The van der Waals surface area contributed by atoms with Gasteiger partial charge in [-0.25, -0.2) is 0 Å². The lowest BCUT2D eigenvalue weighted by molar-refractivity contribution is 0.474. The Morgan fingerprint density at radius 2 is 2.27 bits per heavy atom. The highest BCUT2D eigenvalue weighted by Crippen LogP contribution is 2.31. The lowest BCUT2D eigenvalue weighted by atomic mass is 10.0. The van der Waals surface area contributed by atoms with Crippen molar-refractivity contribution in [2.45, 2.75) is 38.6 Å². The predicted molar refractivity (Wildman–Crippen MR) is 63.1 cm³/mol. The van der Waals surface area contributed by atoms with E-state index in [0.29, 0.717) is 11.8 Å². The van der Waals surface area contributed by atoms with Crippen molar-refractivity contribution in [1.29, 1.82) is 0 Å². The molecule has 82 valence electrons. The summed E-state index contributed by atoms with van der Waals surface area (Å²) in [4.78, 5) is 0. The Balaban J connectivity index is 2.02. The van der Waals surface area contributed by atoms with Crippen molar-refractivity contribution in [3.8, 4) is 5.75 Å². The third-order valence-corrected chi connectivity index (χ3v) is 3.38. The van der Waals surface area contributed by atoms with Gasteiger partial charge in [-0.3, -0.25) is 0 Å². The van der Waals surface area contributed by atoms with Crippen molar-refractivity contribution >= 4 is 5.69 Å². The maximum atomic E-state index is 9.37. The highest BCUT2D eigenvalue weighted by Gasteiger charge is 2.25. The Morgan fingerprint density at radius 3 is 3.00 bits per heavy atom. The zero-order valence-electron chi connectivity index (χ0n) is 9.24. The van der Waals surface area contributed by atoms with Crippen molar-refractivity contribution in [1.82, 2.24) is 0 Å². The summed E-state index contributed by atoms with van der Waals surface area (Å²) >= 11 is 0. The van der Waals surface area contributed by atoms with E-state index in [0.717, 1.165) is 11.6 Å². The first-order valence-corrected chi connectivity index (χ1v) is 5.85. The molecule has 2 heteroatoms. The fourth-order valence-electron chi connectivity index (χ4n) is 2.53. The zero-order valence-corrected chi connectivity index (χ0v) is 9.24. The second-order valence-corrected chi connectivity index (χ2v) is 4.40. The molecule has 1 aromatic rings. The SMILES string of the molecule is CCC1CCCC1Nc1cccc(O)c1. The minimum absolute atomic E-state index is 0.339. The van der Waals surface area contributed by atoms with Crippen LogP contribution in [0.3, 0.4) is 0 Å². The molecule has 15 heavy (non-hydrogen) atoms. The number of anilines is 1. The van der Waals surface area contributed by atoms with E-state index in [2.05, 4.69) is 12.2 Å². The van der Waals surface area contributed by atoms with Crippen LogP contribution in [0.1, 0.15) is 32.6 Å². The number of aromatic hydroxyl groups is 1. The van der Waals surface area contributed by atoms with Crippen LogP contribution >= 0.6 is 0 Å². The maximum absolute atomic E-state index is 9.37. The number of phenols is 1. The van der Waals surface area contributed by atoms with Gasteiger partial charge in [-0.1, -0.05) is 25.8 Å². The van der Waals surface area contributed by atoms with Gasteiger partial charge in [-0.15, -0.1) is 0 Å². The van der Waals surface area contributed by atoms with Crippen molar-refractivity contribution in [2.75, 3.05) is 5.32 Å². The molecule has 0 radical (unpaired) electrons. The number of phenolic OH excluding ortho intramolecular Hbond substituents is 1. The first-order valence-electron chi connectivity index (χ1n) is 5.85. The van der Waals surface area contributed by atoms with Crippen LogP contribution in [0, 0.1) is 5.92 Å². The molecule has 0 aliphatic heterocycles. The molecule has 0 heterocycles. The Hall–Kier alpha value is -1.18. The summed E-state index contributed by atoms with van der Waals surface area (Å²) in [5.41, 5.74) is 1.04. The van der Waals surface area contributed by atoms with Crippen LogP contribution in [0.4, 0.5) is 5.69 Å². The highest BCUT2D eigenvalue weighted by molar-refractivity contribution is 5.48. The van der Waals surface area contributed by atoms with Crippen LogP contribution < -0.4 is 5.32 Å². The normalized spacial score (nSPS) is 25.4. The molecule has 2 nitrogen and oxygen atoms in total. The van der Waals surface area contributed by atoms with Gasteiger partial charge in [0.05, 0.1) is 0 Å². The molecule has 0 bridgehead atoms. The van der Waals surface area contributed by atoms with E-state index < -0.39 is 0 Å². The molecule has 2 unspecified atom stereocenters. The molecular formula is C13H19NO. The van der Waals surface area contributed by atoms with Gasteiger partial charge in [0.2, 0.25) is 0 Å². The third-order valence-electron chi connectivity index (χ3n) is 3.38. The van der Waals surface area contributed by atoms with E-state index in [1.54, 1.807) is 12.1 Å². The van der Waals surface area contributed by atoms with Gasteiger partial charge in [0, 0.05) is 17.8 Å². The smallest absolute Gasteiger partial charge is 0.117 e. The quantitative estimate of drug-likeness (QED) is 0.792. The van der Waals surface area contributed by atoms with E-state index in [9.17, 15) is 5.11 Å². The number of hydrogen-bond donors (Lipinski definition) is 2. The average Bonchev–Trinajstić information content (AvgIpc) is 2.65. The fraction of sp³-hybridized carbons (Fsp3) is 0.538. The Morgan fingerprint density at radius 1 is 1.40 bits per heavy atom. The molecular weight excluding hydrogens is 186 g/mol. The number of benzene rings is 1. The Labute approximate surface area is 91.3 Å². The van der Waals surface area contributed by atoms with Gasteiger partial charge in [-0.2, -0.15) is 0 Å². The summed E-state index contributed by atoms with van der Waals surface area (Å²) in [7, 11) is 0. The monoisotopic (exact) mass is 205 g/mol. The lowest BCUT2D eigenvalue weighted by Gasteiger charge is -2.20. The molecule has 0 spiro atoms. The lowest BCUT2D eigenvalue weighted by Crippen LogP contribution is -2.23. The maximum Gasteiger partial charge on any atom is 0.117 e. The van der Waals surface area contributed by atoms with Crippen molar-refractivity contribution < 1.29 is 5.11 Å². The first kappa shape index (κ1) is 10.3. The molecule has 1 aliphatic rings. The number of hydrogen-bond acceptors (Lipinski definition) is 2. The first-order chi connectivity index (χ1) is 7.29. The van der Waals surface area contributed by atoms with Gasteiger partial charge in [0.1, 0.15) is 5.75 Å². The van der Waals surface area contributed by atoms with Gasteiger partial charge < -0.3 is 10.4 Å². The topological polar surface area (TPSA) is 32.3 Å². The highest BCUT2D eigenvalue weighted by atomic mass is 16.3. The van der Waals surface area contributed by atoms with Crippen LogP contribution in [-0.4, -0.2) is 11.1 Å². The molecule has 1 aromatic carbocycles. The van der Waals surface area contributed by atoms with Crippen molar-refractivity contribution in [2.24, 2.45) is 5.92 Å². The van der Waals surface area contributed by atoms with Crippen molar-refractivity contribution in [3.05, 3.63) is 24.3 Å².